The van der Waals surface area contributed by atoms with Gasteiger partial charge in [0, 0.05) is 56.5 Å². The summed E-state index contributed by atoms with van der Waals surface area (Å²) in [6.07, 6.45) is 5.05. The van der Waals surface area contributed by atoms with Crippen LogP contribution in [0.5, 0.6) is 0 Å². The number of rotatable bonds is 7. The lowest BCUT2D eigenvalue weighted by Crippen LogP contribution is -2.13. The lowest BCUT2D eigenvalue weighted by atomic mass is 10.1. The largest absolute Gasteiger partial charge is 0.383 e. The van der Waals surface area contributed by atoms with Crippen molar-refractivity contribution in [3.63, 3.8) is 0 Å². The minimum atomic E-state index is -0.0255. The fourth-order valence-corrected chi connectivity index (χ4v) is 2.83. The Kier molecular flexibility index (Phi) is 4.96. The number of hydrogen-bond acceptors (Lipinski definition) is 3. The van der Waals surface area contributed by atoms with Gasteiger partial charge in [-0.15, -0.1) is 0 Å². The molecule has 0 aliphatic rings. The molecule has 1 amide bonds. The number of amides is 1. The summed E-state index contributed by atoms with van der Waals surface area (Å²) in [4.78, 5) is 12.1. The fraction of sp³-hybridized carbons (Fsp3) is 0.333. The van der Waals surface area contributed by atoms with E-state index in [2.05, 4.69) is 33.3 Å². The maximum absolute atomic E-state index is 12.1. The molecule has 1 N–H and O–H groups in total. The van der Waals surface area contributed by atoms with Crippen molar-refractivity contribution >= 4 is 22.6 Å². The molecule has 0 saturated carbocycles. The Bertz CT molecular complexity index is 835. The van der Waals surface area contributed by atoms with E-state index in [-0.39, 0.29) is 5.91 Å². The van der Waals surface area contributed by atoms with E-state index < -0.39 is 0 Å². The van der Waals surface area contributed by atoms with E-state index in [1.54, 1.807) is 24.1 Å². The van der Waals surface area contributed by atoms with Gasteiger partial charge in [0.15, 0.2) is 5.82 Å². The van der Waals surface area contributed by atoms with E-state index in [0.29, 0.717) is 25.3 Å². The molecule has 0 radical (unpaired) electrons. The highest BCUT2D eigenvalue weighted by molar-refractivity contribution is 5.90. The van der Waals surface area contributed by atoms with Gasteiger partial charge in [-0.2, -0.15) is 5.10 Å². The van der Waals surface area contributed by atoms with Crippen LogP contribution in [0.25, 0.3) is 10.9 Å². The Morgan fingerprint density at radius 2 is 2.12 bits per heavy atom. The normalized spacial score (nSPS) is 11.1. The molecule has 0 saturated heterocycles. The van der Waals surface area contributed by atoms with Crippen LogP contribution < -0.4 is 5.32 Å². The van der Waals surface area contributed by atoms with Crippen molar-refractivity contribution < 1.29 is 9.53 Å². The van der Waals surface area contributed by atoms with Gasteiger partial charge < -0.3 is 14.6 Å². The molecule has 0 unspecified atom stereocenters. The van der Waals surface area contributed by atoms with Crippen molar-refractivity contribution in [2.75, 3.05) is 19.0 Å². The molecule has 0 aliphatic carbocycles. The number of aryl methyl sites for hydroxylation is 2. The number of nitrogens with one attached hydrogen (secondary N) is 1. The second-order valence-electron chi connectivity index (χ2n) is 5.78. The van der Waals surface area contributed by atoms with Crippen molar-refractivity contribution in [1.82, 2.24) is 14.3 Å². The van der Waals surface area contributed by atoms with E-state index >= 15 is 0 Å². The van der Waals surface area contributed by atoms with Crippen LogP contribution in [0.2, 0.25) is 0 Å². The van der Waals surface area contributed by atoms with E-state index in [1.807, 2.05) is 19.2 Å². The lowest BCUT2D eigenvalue weighted by Gasteiger charge is -2.03. The predicted molar refractivity (Wildman–Crippen MR) is 94.0 cm³/mol. The van der Waals surface area contributed by atoms with Crippen LogP contribution >= 0.6 is 0 Å². The maximum Gasteiger partial charge on any atom is 0.225 e. The topological polar surface area (TPSA) is 61.1 Å². The van der Waals surface area contributed by atoms with Crippen LogP contribution in [0.1, 0.15) is 12.0 Å². The lowest BCUT2D eigenvalue weighted by molar-refractivity contribution is -0.116. The van der Waals surface area contributed by atoms with Crippen molar-refractivity contribution in [3.05, 3.63) is 48.3 Å². The van der Waals surface area contributed by atoms with Gasteiger partial charge in [-0.1, -0.05) is 18.2 Å². The van der Waals surface area contributed by atoms with E-state index in [1.165, 1.54) is 16.5 Å². The van der Waals surface area contributed by atoms with E-state index in [9.17, 15) is 4.79 Å². The number of carbonyl (C=O) groups excluding carboxylic acids is 1. The van der Waals surface area contributed by atoms with Crippen LogP contribution in [0.3, 0.4) is 0 Å². The van der Waals surface area contributed by atoms with Crippen molar-refractivity contribution in [2.45, 2.75) is 19.4 Å². The van der Waals surface area contributed by atoms with Gasteiger partial charge in [-0.05, 0) is 18.1 Å². The van der Waals surface area contributed by atoms with Crippen molar-refractivity contribution in [3.8, 4) is 0 Å². The minimum absolute atomic E-state index is 0.0255. The summed E-state index contributed by atoms with van der Waals surface area (Å²) in [5.74, 6) is 0.562. The first-order chi connectivity index (χ1) is 11.7. The third-order valence-corrected chi connectivity index (χ3v) is 4.01. The molecule has 3 aromatic rings. The van der Waals surface area contributed by atoms with Gasteiger partial charge >= 0.3 is 0 Å². The SMILES string of the molecule is COCCn1cc(CCC(=O)Nc2ccn(C)n2)c2ccccc21. The Morgan fingerprint density at radius 1 is 1.29 bits per heavy atom. The van der Waals surface area contributed by atoms with Gasteiger partial charge in [0.2, 0.25) is 5.91 Å². The van der Waals surface area contributed by atoms with Crippen molar-refractivity contribution in [1.29, 1.82) is 0 Å². The van der Waals surface area contributed by atoms with E-state index in [0.717, 1.165) is 6.54 Å². The molecular formula is C18H22N4O2. The zero-order chi connectivity index (χ0) is 16.9. The Balaban J connectivity index is 1.69. The number of carbonyl (C=O) groups is 1. The molecule has 6 nitrogen and oxygen atoms in total. The molecule has 0 aliphatic heterocycles. The number of para-hydroxylation sites is 1. The van der Waals surface area contributed by atoms with Gasteiger partial charge in [-0.25, -0.2) is 0 Å². The molecule has 0 fully saturated rings. The zero-order valence-corrected chi connectivity index (χ0v) is 14.0. The number of hydrogen-bond donors (Lipinski definition) is 1. The molecule has 24 heavy (non-hydrogen) atoms. The number of aromatic nitrogens is 3. The molecule has 0 bridgehead atoms. The summed E-state index contributed by atoms with van der Waals surface area (Å²) in [7, 11) is 3.53. The number of anilines is 1. The quantitative estimate of drug-likeness (QED) is 0.726. The maximum atomic E-state index is 12.1. The summed E-state index contributed by atoms with van der Waals surface area (Å²) in [5, 5.41) is 8.18. The standard InChI is InChI=1S/C18H22N4O2/c1-21-10-9-17(20-21)19-18(23)8-7-14-13-22(11-12-24-2)16-6-4-3-5-15(14)16/h3-6,9-10,13H,7-8,11-12H2,1-2H3,(H,19,20,23). The Morgan fingerprint density at radius 3 is 2.88 bits per heavy atom. The third-order valence-electron chi connectivity index (χ3n) is 4.01. The third kappa shape index (κ3) is 3.65. The van der Waals surface area contributed by atoms with Crippen LogP contribution in [0.4, 0.5) is 5.82 Å². The summed E-state index contributed by atoms with van der Waals surface area (Å²) < 4.78 is 9.03. The zero-order valence-electron chi connectivity index (χ0n) is 14.0. The Labute approximate surface area is 141 Å². The molecule has 6 heteroatoms. The first-order valence-electron chi connectivity index (χ1n) is 8.02. The summed E-state index contributed by atoms with van der Waals surface area (Å²) >= 11 is 0. The highest BCUT2D eigenvalue weighted by Crippen LogP contribution is 2.22. The van der Waals surface area contributed by atoms with Gasteiger partial charge in [0.25, 0.3) is 0 Å². The molecule has 2 heterocycles. The fourth-order valence-electron chi connectivity index (χ4n) is 2.83. The number of benzene rings is 1. The average molecular weight is 326 g/mol. The first-order valence-corrected chi connectivity index (χ1v) is 8.02. The van der Waals surface area contributed by atoms with Crippen LogP contribution in [-0.4, -0.2) is 34.0 Å². The first kappa shape index (κ1) is 16.3. The molecule has 2 aromatic heterocycles. The highest BCUT2D eigenvalue weighted by atomic mass is 16.5. The molecule has 0 spiro atoms. The number of methoxy groups -OCH3 is 1. The number of nitrogens with zero attached hydrogens (tertiary/aromatic N) is 3. The summed E-state index contributed by atoms with van der Waals surface area (Å²) in [5.41, 5.74) is 2.35. The monoisotopic (exact) mass is 326 g/mol. The summed E-state index contributed by atoms with van der Waals surface area (Å²) in [6, 6.07) is 10.0. The Hall–Kier alpha value is -2.60. The van der Waals surface area contributed by atoms with Gasteiger partial charge in [0.1, 0.15) is 0 Å². The van der Waals surface area contributed by atoms with E-state index in [4.69, 9.17) is 4.74 Å². The predicted octanol–water partition coefficient (Wildman–Crippen LogP) is 2.59. The average Bonchev–Trinajstić information content (AvgIpc) is 3.15. The second-order valence-corrected chi connectivity index (χ2v) is 5.78. The van der Waals surface area contributed by atoms with Crippen LogP contribution in [0.15, 0.2) is 42.7 Å². The smallest absolute Gasteiger partial charge is 0.225 e. The molecule has 0 atom stereocenters. The molecule has 126 valence electrons. The molecular weight excluding hydrogens is 304 g/mol. The second kappa shape index (κ2) is 7.31. The minimum Gasteiger partial charge on any atom is -0.383 e. The highest BCUT2D eigenvalue weighted by Gasteiger charge is 2.10. The van der Waals surface area contributed by atoms with Crippen molar-refractivity contribution in [2.24, 2.45) is 7.05 Å². The summed E-state index contributed by atoms with van der Waals surface area (Å²) in [6.45, 7) is 1.47. The molecule has 3 rings (SSSR count). The van der Waals surface area contributed by atoms with Gasteiger partial charge in [0.05, 0.1) is 6.61 Å². The van der Waals surface area contributed by atoms with Crippen LogP contribution in [-0.2, 0) is 29.5 Å². The molecule has 1 aromatic carbocycles. The van der Waals surface area contributed by atoms with Gasteiger partial charge in [-0.3, -0.25) is 9.48 Å². The van der Waals surface area contributed by atoms with Crippen LogP contribution in [0, 0.1) is 0 Å². The number of ether oxygens (including phenoxy) is 1. The number of fused-ring (bicyclic) bond motifs is 1.